The quantitative estimate of drug-likeness (QED) is 0.829. The van der Waals surface area contributed by atoms with E-state index in [1.807, 2.05) is 18.2 Å². The zero-order valence-corrected chi connectivity index (χ0v) is 10.9. The Morgan fingerprint density at radius 2 is 2.24 bits per heavy atom. The van der Waals surface area contributed by atoms with Crippen LogP contribution < -0.4 is 9.46 Å². The maximum Gasteiger partial charge on any atom is 0.220 e. The number of nitrogens with one attached hydrogen (secondary N) is 1. The average molecular weight is 250 g/mol. The fourth-order valence-corrected chi connectivity index (χ4v) is 3.12. The molecule has 1 aromatic carbocycles. The molecule has 0 spiro atoms. The first-order chi connectivity index (χ1) is 8.38. The summed E-state index contributed by atoms with van der Waals surface area (Å²) >= 11 is 1.68. The van der Waals surface area contributed by atoms with Gasteiger partial charge >= 0.3 is 0 Å². The first kappa shape index (κ1) is 11.2. The highest BCUT2D eigenvalue weighted by molar-refractivity contribution is 8.01. The molecule has 17 heavy (non-hydrogen) atoms. The van der Waals surface area contributed by atoms with E-state index in [0.29, 0.717) is 0 Å². The number of ether oxygens (including phenoxy) is 1. The number of rotatable bonds is 4. The average Bonchev–Trinajstić information content (AvgIpc) is 3.20. The van der Waals surface area contributed by atoms with Gasteiger partial charge in [0.15, 0.2) is 0 Å². The highest BCUT2D eigenvalue weighted by atomic mass is 32.2. The van der Waals surface area contributed by atoms with Crippen molar-refractivity contribution in [3.8, 4) is 5.75 Å². The van der Waals surface area contributed by atoms with E-state index in [9.17, 15) is 0 Å². The van der Waals surface area contributed by atoms with Gasteiger partial charge in [0.1, 0.15) is 5.75 Å². The van der Waals surface area contributed by atoms with Crippen molar-refractivity contribution >= 4 is 17.6 Å². The molecule has 3 nitrogen and oxygen atoms in total. The summed E-state index contributed by atoms with van der Waals surface area (Å²) < 4.78 is 9.46. The van der Waals surface area contributed by atoms with Crippen molar-refractivity contribution < 1.29 is 4.74 Å². The van der Waals surface area contributed by atoms with Crippen LogP contribution in [0.3, 0.4) is 0 Å². The van der Waals surface area contributed by atoms with Crippen molar-refractivity contribution in [1.29, 1.82) is 0 Å². The molecule has 3 rings (SSSR count). The van der Waals surface area contributed by atoms with Crippen molar-refractivity contribution in [2.75, 3.05) is 11.3 Å². The van der Waals surface area contributed by atoms with Crippen molar-refractivity contribution in [3.05, 3.63) is 24.3 Å². The van der Waals surface area contributed by atoms with E-state index in [-0.39, 0.29) is 5.56 Å². The van der Waals surface area contributed by atoms with Gasteiger partial charge in [0, 0.05) is 24.5 Å². The minimum absolute atomic E-state index is 0.123. The molecule has 2 aliphatic rings. The Morgan fingerprint density at radius 3 is 3.00 bits per heavy atom. The largest absolute Gasteiger partial charge is 0.462 e. The lowest BCUT2D eigenvalue weighted by Gasteiger charge is -2.34. The van der Waals surface area contributed by atoms with Crippen LogP contribution >= 0.6 is 11.9 Å². The minimum Gasteiger partial charge on any atom is -0.462 e. The smallest absolute Gasteiger partial charge is 0.220 e. The molecule has 1 saturated carbocycles. The topological polar surface area (TPSA) is 24.5 Å². The van der Waals surface area contributed by atoms with Gasteiger partial charge in [-0.25, -0.2) is 0 Å². The SMILES string of the molecule is CCCN(C1CC1)C1Oc2ccccc2NS1. The van der Waals surface area contributed by atoms with Gasteiger partial charge < -0.3 is 9.46 Å². The highest BCUT2D eigenvalue weighted by Crippen LogP contribution is 2.39. The Balaban J connectivity index is 1.73. The first-order valence-electron chi connectivity index (χ1n) is 6.31. The van der Waals surface area contributed by atoms with Crippen molar-refractivity contribution in [2.45, 2.75) is 37.8 Å². The summed E-state index contributed by atoms with van der Waals surface area (Å²) in [6.45, 7) is 3.34. The van der Waals surface area contributed by atoms with Crippen LogP contribution in [0.1, 0.15) is 26.2 Å². The standard InChI is InChI=1S/C13H18N2OS/c1-2-9-15(10-7-8-10)13-16-12-6-4-3-5-11(12)14-17-13/h3-6,10,13-14H,2,7-9H2,1H3. The molecule has 1 atom stereocenters. The third-order valence-corrected chi connectivity index (χ3v) is 4.06. The Labute approximate surface area is 107 Å². The minimum atomic E-state index is 0.123. The third-order valence-electron chi connectivity index (χ3n) is 3.15. The van der Waals surface area contributed by atoms with Crippen LogP contribution in [0.25, 0.3) is 0 Å². The first-order valence-corrected chi connectivity index (χ1v) is 7.19. The second kappa shape index (κ2) is 4.78. The number of hydrogen-bond donors (Lipinski definition) is 1. The van der Waals surface area contributed by atoms with Gasteiger partial charge in [-0.2, -0.15) is 0 Å². The molecule has 1 aliphatic heterocycles. The van der Waals surface area contributed by atoms with Crippen molar-refractivity contribution in [1.82, 2.24) is 4.90 Å². The van der Waals surface area contributed by atoms with E-state index in [4.69, 9.17) is 4.74 Å². The van der Waals surface area contributed by atoms with Crippen LogP contribution in [0.15, 0.2) is 24.3 Å². The van der Waals surface area contributed by atoms with Crippen LogP contribution in [-0.4, -0.2) is 23.0 Å². The van der Waals surface area contributed by atoms with Gasteiger partial charge in [0.05, 0.1) is 5.69 Å². The predicted octanol–water partition coefficient (Wildman–Crippen LogP) is 3.30. The number of anilines is 1. The molecule has 1 heterocycles. The molecule has 92 valence electrons. The Morgan fingerprint density at radius 1 is 1.41 bits per heavy atom. The highest BCUT2D eigenvalue weighted by Gasteiger charge is 2.36. The fraction of sp³-hybridized carbons (Fsp3) is 0.538. The molecule has 1 aliphatic carbocycles. The number of para-hydroxylation sites is 2. The zero-order valence-electron chi connectivity index (χ0n) is 10.1. The van der Waals surface area contributed by atoms with E-state index >= 15 is 0 Å². The Hall–Kier alpha value is -0.870. The van der Waals surface area contributed by atoms with Crippen LogP contribution in [0.2, 0.25) is 0 Å². The van der Waals surface area contributed by atoms with Crippen LogP contribution in [-0.2, 0) is 0 Å². The maximum atomic E-state index is 6.07. The number of fused-ring (bicyclic) bond motifs is 1. The van der Waals surface area contributed by atoms with Crippen LogP contribution in [0, 0.1) is 0 Å². The second-order valence-corrected chi connectivity index (χ2v) is 5.45. The lowest BCUT2D eigenvalue weighted by molar-refractivity contribution is 0.0874. The van der Waals surface area contributed by atoms with Gasteiger partial charge in [-0.05, 0) is 31.4 Å². The summed E-state index contributed by atoms with van der Waals surface area (Å²) in [5.74, 6) is 0.970. The van der Waals surface area contributed by atoms with E-state index in [0.717, 1.165) is 24.0 Å². The summed E-state index contributed by atoms with van der Waals surface area (Å²) in [6.07, 6.45) is 3.82. The summed E-state index contributed by atoms with van der Waals surface area (Å²) in [4.78, 5) is 2.48. The monoisotopic (exact) mass is 250 g/mol. The number of hydrogen-bond acceptors (Lipinski definition) is 4. The normalized spacial score (nSPS) is 22.8. The van der Waals surface area contributed by atoms with Crippen LogP contribution in [0.5, 0.6) is 5.75 Å². The predicted molar refractivity (Wildman–Crippen MR) is 72.1 cm³/mol. The second-order valence-electron chi connectivity index (χ2n) is 4.61. The van der Waals surface area contributed by atoms with E-state index in [1.165, 1.54) is 19.3 Å². The molecule has 1 unspecified atom stereocenters. The lowest BCUT2D eigenvalue weighted by atomic mass is 10.3. The molecular weight excluding hydrogens is 232 g/mol. The molecule has 0 aromatic heterocycles. The van der Waals surface area contributed by atoms with Crippen molar-refractivity contribution in [3.63, 3.8) is 0 Å². The summed E-state index contributed by atoms with van der Waals surface area (Å²) in [7, 11) is 0. The summed E-state index contributed by atoms with van der Waals surface area (Å²) in [5, 5.41) is 0. The molecule has 0 amide bonds. The molecule has 1 N–H and O–H groups in total. The number of nitrogens with zero attached hydrogens (tertiary/aromatic N) is 1. The van der Waals surface area contributed by atoms with Crippen molar-refractivity contribution in [2.24, 2.45) is 0 Å². The lowest BCUT2D eigenvalue weighted by Crippen LogP contribution is -2.41. The fourth-order valence-electron chi connectivity index (χ4n) is 2.16. The summed E-state index contributed by atoms with van der Waals surface area (Å²) in [6, 6.07) is 8.88. The number of benzene rings is 1. The van der Waals surface area contributed by atoms with E-state index < -0.39 is 0 Å². The Kier molecular flexibility index (Phi) is 3.16. The molecular formula is C13H18N2OS. The maximum absolute atomic E-state index is 6.07. The Bertz CT molecular complexity index is 395. The third kappa shape index (κ3) is 2.38. The molecule has 0 saturated heterocycles. The molecule has 0 radical (unpaired) electrons. The van der Waals surface area contributed by atoms with Gasteiger partial charge in [-0.1, -0.05) is 19.1 Å². The molecule has 1 fully saturated rings. The summed E-state index contributed by atoms with van der Waals surface area (Å²) in [5.41, 5.74) is 1.21. The van der Waals surface area contributed by atoms with Gasteiger partial charge in [-0.3, -0.25) is 4.90 Å². The van der Waals surface area contributed by atoms with Gasteiger partial charge in [0.2, 0.25) is 5.56 Å². The van der Waals surface area contributed by atoms with E-state index in [2.05, 4.69) is 22.6 Å². The molecule has 1 aromatic rings. The van der Waals surface area contributed by atoms with Crippen LogP contribution in [0.4, 0.5) is 5.69 Å². The zero-order chi connectivity index (χ0) is 11.7. The van der Waals surface area contributed by atoms with Gasteiger partial charge in [0.25, 0.3) is 0 Å². The van der Waals surface area contributed by atoms with Gasteiger partial charge in [-0.15, -0.1) is 0 Å². The molecule has 0 bridgehead atoms. The van der Waals surface area contributed by atoms with E-state index in [1.54, 1.807) is 11.9 Å². The molecule has 4 heteroatoms.